The van der Waals surface area contributed by atoms with Crippen molar-refractivity contribution in [2.45, 2.75) is 44.6 Å². The first-order chi connectivity index (χ1) is 10.7. The molecule has 1 aromatic carbocycles. The van der Waals surface area contributed by atoms with Gasteiger partial charge in [0.15, 0.2) is 13.2 Å². The summed E-state index contributed by atoms with van der Waals surface area (Å²) in [6, 6.07) is 9.23. The number of hydrogen-bond donors (Lipinski definition) is 1. The van der Waals surface area contributed by atoms with Gasteiger partial charge in [0.2, 0.25) is 0 Å². The average Bonchev–Trinajstić information content (AvgIpc) is 2.80. The van der Waals surface area contributed by atoms with E-state index in [-0.39, 0.29) is 25.2 Å². The Morgan fingerprint density at radius 2 is 1.68 bits per heavy atom. The Morgan fingerprint density at radius 3 is 2.36 bits per heavy atom. The van der Waals surface area contributed by atoms with E-state index < -0.39 is 5.97 Å². The molecule has 120 valence electrons. The SMILES string of the molecule is O=C(COC(=O)COc1ccccc1)NC1CCCCCC1. The van der Waals surface area contributed by atoms with E-state index in [1.54, 1.807) is 12.1 Å². The summed E-state index contributed by atoms with van der Waals surface area (Å²) in [4.78, 5) is 23.3. The van der Waals surface area contributed by atoms with Gasteiger partial charge < -0.3 is 14.8 Å². The van der Waals surface area contributed by atoms with Crippen LogP contribution in [0.5, 0.6) is 5.75 Å². The highest BCUT2D eigenvalue weighted by molar-refractivity contribution is 5.81. The second-order valence-electron chi connectivity index (χ2n) is 5.52. The molecule has 0 heterocycles. The molecule has 1 fully saturated rings. The third-order valence-corrected chi connectivity index (χ3v) is 3.68. The Balaban J connectivity index is 1.61. The van der Waals surface area contributed by atoms with Crippen molar-refractivity contribution in [3.05, 3.63) is 30.3 Å². The molecule has 0 spiro atoms. The molecule has 0 atom stereocenters. The molecule has 1 aromatic rings. The van der Waals surface area contributed by atoms with Gasteiger partial charge >= 0.3 is 5.97 Å². The quantitative estimate of drug-likeness (QED) is 0.647. The molecule has 1 aliphatic rings. The summed E-state index contributed by atoms with van der Waals surface area (Å²) < 4.78 is 10.2. The zero-order valence-electron chi connectivity index (χ0n) is 12.8. The molecule has 1 N–H and O–H groups in total. The molecule has 2 rings (SSSR count). The molecule has 1 amide bonds. The maximum Gasteiger partial charge on any atom is 0.344 e. The summed E-state index contributed by atoms with van der Waals surface area (Å²) in [6.45, 7) is -0.436. The number of amides is 1. The van der Waals surface area contributed by atoms with Gasteiger partial charge in [-0.1, -0.05) is 43.9 Å². The zero-order valence-corrected chi connectivity index (χ0v) is 12.8. The van der Waals surface area contributed by atoms with Gasteiger partial charge in [-0.25, -0.2) is 4.79 Å². The van der Waals surface area contributed by atoms with Crippen LogP contribution in [0.1, 0.15) is 38.5 Å². The number of nitrogens with one attached hydrogen (secondary N) is 1. The van der Waals surface area contributed by atoms with Crippen LogP contribution in [0.2, 0.25) is 0 Å². The van der Waals surface area contributed by atoms with E-state index in [1.165, 1.54) is 12.8 Å². The van der Waals surface area contributed by atoms with Gasteiger partial charge in [0, 0.05) is 6.04 Å². The lowest BCUT2D eigenvalue weighted by molar-refractivity contribution is -0.150. The van der Waals surface area contributed by atoms with Crippen molar-refractivity contribution in [2.75, 3.05) is 13.2 Å². The molecule has 5 heteroatoms. The molecule has 1 saturated carbocycles. The van der Waals surface area contributed by atoms with E-state index in [4.69, 9.17) is 9.47 Å². The Kier molecular flexibility index (Phi) is 6.74. The molecular formula is C17H23NO4. The number of hydrogen-bond acceptors (Lipinski definition) is 4. The molecule has 0 saturated heterocycles. The number of para-hydroxylation sites is 1. The monoisotopic (exact) mass is 305 g/mol. The molecular weight excluding hydrogens is 282 g/mol. The van der Waals surface area contributed by atoms with Crippen molar-refractivity contribution in [1.29, 1.82) is 0 Å². The van der Waals surface area contributed by atoms with Crippen LogP contribution in [0, 0.1) is 0 Å². The van der Waals surface area contributed by atoms with Crippen LogP contribution in [0.4, 0.5) is 0 Å². The van der Waals surface area contributed by atoms with E-state index in [0.29, 0.717) is 5.75 Å². The minimum absolute atomic E-state index is 0.194. The van der Waals surface area contributed by atoms with Crippen molar-refractivity contribution in [3.8, 4) is 5.75 Å². The van der Waals surface area contributed by atoms with Crippen LogP contribution in [-0.2, 0) is 14.3 Å². The number of esters is 1. The summed E-state index contributed by atoms with van der Waals surface area (Å²) in [7, 11) is 0. The van der Waals surface area contributed by atoms with E-state index in [0.717, 1.165) is 25.7 Å². The number of carbonyl (C=O) groups is 2. The highest BCUT2D eigenvalue weighted by Crippen LogP contribution is 2.17. The van der Waals surface area contributed by atoms with Gasteiger partial charge in [0.25, 0.3) is 5.91 Å². The fourth-order valence-electron chi connectivity index (χ4n) is 2.54. The fourth-order valence-corrected chi connectivity index (χ4v) is 2.54. The normalized spacial score (nSPS) is 15.6. The van der Waals surface area contributed by atoms with Crippen molar-refractivity contribution in [3.63, 3.8) is 0 Å². The predicted octanol–water partition coefficient (Wildman–Crippen LogP) is 2.45. The lowest BCUT2D eigenvalue weighted by Gasteiger charge is -2.16. The van der Waals surface area contributed by atoms with E-state index in [2.05, 4.69) is 5.32 Å². The van der Waals surface area contributed by atoms with Gasteiger partial charge in [-0.05, 0) is 25.0 Å². The molecule has 0 unspecified atom stereocenters. The average molecular weight is 305 g/mol. The van der Waals surface area contributed by atoms with E-state index in [9.17, 15) is 9.59 Å². The Labute approximate surface area is 131 Å². The van der Waals surface area contributed by atoms with Crippen LogP contribution in [0.15, 0.2) is 30.3 Å². The molecule has 22 heavy (non-hydrogen) atoms. The summed E-state index contributed by atoms with van der Waals surface area (Å²) in [6.07, 6.45) is 6.79. The number of benzene rings is 1. The van der Waals surface area contributed by atoms with Gasteiger partial charge in [-0.2, -0.15) is 0 Å². The second kappa shape index (κ2) is 9.07. The number of ether oxygens (including phenoxy) is 2. The van der Waals surface area contributed by atoms with Crippen molar-refractivity contribution < 1.29 is 19.1 Å². The van der Waals surface area contributed by atoms with Gasteiger partial charge in [-0.3, -0.25) is 4.79 Å². The van der Waals surface area contributed by atoms with Crippen molar-refractivity contribution in [2.24, 2.45) is 0 Å². The molecule has 0 aromatic heterocycles. The summed E-state index contributed by atoms with van der Waals surface area (Å²) in [5.74, 6) is -0.179. The maximum atomic E-state index is 11.8. The molecule has 1 aliphatic carbocycles. The summed E-state index contributed by atoms with van der Waals surface area (Å²) in [5, 5.41) is 2.93. The minimum atomic E-state index is -0.542. The Morgan fingerprint density at radius 1 is 1.00 bits per heavy atom. The van der Waals surface area contributed by atoms with Gasteiger partial charge in [-0.15, -0.1) is 0 Å². The number of rotatable bonds is 6. The third kappa shape index (κ3) is 6.16. The lowest BCUT2D eigenvalue weighted by atomic mass is 10.1. The van der Waals surface area contributed by atoms with Crippen LogP contribution in [0.25, 0.3) is 0 Å². The predicted molar refractivity (Wildman–Crippen MR) is 82.5 cm³/mol. The van der Waals surface area contributed by atoms with Gasteiger partial charge in [0.1, 0.15) is 5.75 Å². The largest absolute Gasteiger partial charge is 0.482 e. The Hall–Kier alpha value is -2.04. The smallest absolute Gasteiger partial charge is 0.344 e. The topological polar surface area (TPSA) is 64.6 Å². The number of carbonyl (C=O) groups excluding carboxylic acids is 2. The van der Waals surface area contributed by atoms with Crippen LogP contribution in [-0.4, -0.2) is 31.1 Å². The lowest BCUT2D eigenvalue weighted by Crippen LogP contribution is -2.37. The first-order valence-corrected chi connectivity index (χ1v) is 7.87. The van der Waals surface area contributed by atoms with E-state index in [1.807, 2.05) is 18.2 Å². The summed E-state index contributed by atoms with van der Waals surface area (Å²) in [5.41, 5.74) is 0. The highest BCUT2D eigenvalue weighted by Gasteiger charge is 2.15. The van der Waals surface area contributed by atoms with Crippen LogP contribution >= 0.6 is 0 Å². The van der Waals surface area contributed by atoms with Crippen molar-refractivity contribution >= 4 is 11.9 Å². The maximum absolute atomic E-state index is 11.8. The van der Waals surface area contributed by atoms with Crippen molar-refractivity contribution in [1.82, 2.24) is 5.32 Å². The zero-order chi connectivity index (χ0) is 15.6. The highest BCUT2D eigenvalue weighted by atomic mass is 16.6. The molecule has 0 radical (unpaired) electrons. The third-order valence-electron chi connectivity index (χ3n) is 3.68. The van der Waals surface area contributed by atoms with Gasteiger partial charge in [0.05, 0.1) is 0 Å². The van der Waals surface area contributed by atoms with Crippen LogP contribution < -0.4 is 10.1 Å². The van der Waals surface area contributed by atoms with E-state index >= 15 is 0 Å². The van der Waals surface area contributed by atoms with Crippen LogP contribution in [0.3, 0.4) is 0 Å². The molecule has 0 bridgehead atoms. The minimum Gasteiger partial charge on any atom is -0.482 e. The fraction of sp³-hybridized carbons (Fsp3) is 0.529. The first-order valence-electron chi connectivity index (χ1n) is 7.87. The molecule has 0 aliphatic heterocycles. The Bertz CT molecular complexity index is 467. The molecule has 5 nitrogen and oxygen atoms in total. The summed E-state index contributed by atoms with van der Waals surface area (Å²) >= 11 is 0. The first kappa shape index (κ1) is 16.3. The standard InChI is InChI=1S/C17H23NO4/c19-16(18-14-8-4-1-2-5-9-14)12-22-17(20)13-21-15-10-6-3-7-11-15/h3,6-7,10-11,14H,1-2,4-5,8-9,12-13H2,(H,18,19). The second-order valence-corrected chi connectivity index (χ2v) is 5.52.